The molecule has 2 atom stereocenters. The molecule has 1 aliphatic carbocycles. The summed E-state index contributed by atoms with van der Waals surface area (Å²) in [6.45, 7) is 5.15. The van der Waals surface area contributed by atoms with E-state index in [2.05, 4.69) is 30.9 Å². The molecule has 1 aromatic carbocycles. The zero-order chi connectivity index (χ0) is 14.0. The summed E-state index contributed by atoms with van der Waals surface area (Å²) in [6, 6.07) is 8.61. The predicted octanol–water partition coefficient (Wildman–Crippen LogP) is 1.56. The van der Waals surface area contributed by atoms with Crippen molar-refractivity contribution in [3.8, 4) is 0 Å². The minimum Gasteiger partial charge on any atom is -0.369 e. The zero-order valence-corrected chi connectivity index (χ0v) is 11.7. The molecule has 1 aliphatic rings. The summed E-state index contributed by atoms with van der Waals surface area (Å²) in [6.07, 6.45) is 2.24. The maximum atomic E-state index is 11.5. The SMILES string of the molecule is CCN(c1ccccc1C)C1CCC(N)(C(N)=O)C1. The lowest BCUT2D eigenvalue weighted by Gasteiger charge is -2.32. The number of hydrogen-bond acceptors (Lipinski definition) is 3. The fourth-order valence-corrected chi connectivity index (χ4v) is 3.05. The van der Waals surface area contributed by atoms with E-state index in [4.69, 9.17) is 11.5 Å². The van der Waals surface area contributed by atoms with Crippen molar-refractivity contribution in [3.63, 3.8) is 0 Å². The van der Waals surface area contributed by atoms with E-state index in [9.17, 15) is 4.79 Å². The topological polar surface area (TPSA) is 72.3 Å². The Labute approximate surface area is 114 Å². The fraction of sp³-hybridized carbons (Fsp3) is 0.533. The van der Waals surface area contributed by atoms with Crippen LogP contribution in [0.2, 0.25) is 0 Å². The lowest BCUT2D eigenvalue weighted by atomic mass is 9.98. The van der Waals surface area contributed by atoms with Gasteiger partial charge >= 0.3 is 0 Å². The number of carbonyl (C=O) groups excluding carboxylic acids is 1. The van der Waals surface area contributed by atoms with E-state index in [1.165, 1.54) is 11.3 Å². The third-order valence-corrected chi connectivity index (χ3v) is 4.22. The quantitative estimate of drug-likeness (QED) is 0.864. The van der Waals surface area contributed by atoms with Crippen LogP contribution >= 0.6 is 0 Å². The van der Waals surface area contributed by atoms with Crippen molar-refractivity contribution < 1.29 is 4.79 Å². The van der Waals surface area contributed by atoms with Crippen molar-refractivity contribution in [1.29, 1.82) is 0 Å². The lowest BCUT2D eigenvalue weighted by Crippen LogP contribution is -2.51. The largest absolute Gasteiger partial charge is 0.369 e. The van der Waals surface area contributed by atoms with Crippen LogP contribution < -0.4 is 16.4 Å². The summed E-state index contributed by atoms with van der Waals surface area (Å²) < 4.78 is 0. The van der Waals surface area contributed by atoms with E-state index < -0.39 is 5.54 Å². The van der Waals surface area contributed by atoms with E-state index in [1.54, 1.807) is 0 Å². The molecule has 19 heavy (non-hydrogen) atoms. The Morgan fingerprint density at radius 3 is 2.68 bits per heavy atom. The minimum absolute atomic E-state index is 0.295. The first-order valence-corrected chi connectivity index (χ1v) is 6.89. The van der Waals surface area contributed by atoms with Gasteiger partial charge in [0, 0.05) is 18.3 Å². The van der Waals surface area contributed by atoms with Gasteiger partial charge in [0.2, 0.25) is 5.91 Å². The number of nitrogens with two attached hydrogens (primary N) is 2. The molecule has 4 nitrogen and oxygen atoms in total. The van der Waals surface area contributed by atoms with Crippen LogP contribution in [0.5, 0.6) is 0 Å². The van der Waals surface area contributed by atoms with E-state index in [1.807, 2.05) is 12.1 Å². The highest BCUT2D eigenvalue weighted by atomic mass is 16.1. The Morgan fingerprint density at radius 2 is 2.16 bits per heavy atom. The van der Waals surface area contributed by atoms with E-state index >= 15 is 0 Å². The van der Waals surface area contributed by atoms with Crippen molar-refractivity contribution in [2.75, 3.05) is 11.4 Å². The molecule has 1 saturated carbocycles. The first-order valence-electron chi connectivity index (χ1n) is 6.89. The molecule has 2 unspecified atom stereocenters. The van der Waals surface area contributed by atoms with Crippen molar-refractivity contribution in [2.45, 2.75) is 44.7 Å². The van der Waals surface area contributed by atoms with E-state index in [-0.39, 0.29) is 5.91 Å². The monoisotopic (exact) mass is 261 g/mol. The molecule has 0 spiro atoms. The maximum absolute atomic E-state index is 11.5. The van der Waals surface area contributed by atoms with Gasteiger partial charge in [-0.2, -0.15) is 0 Å². The van der Waals surface area contributed by atoms with Crippen LogP contribution in [-0.4, -0.2) is 24.0 Å². The number of hydrogen-bond donors (Lipinski definition) is 2. The second-order valence-corrected chi connectivity index (χ2v) is 5.49. The number of anilines is 1. The second kappa shape index (κ2) is 5.21. The first kappa shape index (κ1) is 13.9. The molecular formula is C15H23N3O. The highest BCUT2D eigenvalue weighted by molar-refractivity contribution is 5.85. The highest BCUT2D eigenvalue weighted by Gasteiger charge is 2.42. The van der Waals surface area contributed by atoms with Crippen LogP contribution in [0.1, 0.15) is 31.7 Å². The number of aryl methyl sites for hydroxylation is 1. The number of carbonyl (C=O) groups is 1. The summed E-state index contributed by atoms with van der Waals surface area (Å²) >= 11 is 0. The average Bonchev–Trinajstić information content (AvgIpc) is 2.77. The van der Waals surface area contributed by atoms with Gasteiger partial charge in [0.15, 0.2) is 0 Å². The van der Waals surface area contributed by atoms with Crippen molar-refractivity contribution in [3.05, 3.63) is 29.8 Å². The first-order chi connectivity index (χ1) is 8.98. The second-order valence-electron chi connectivity index (χ2n) is 5.49. The maximum Gasteiger partial charge on any atom is 0.237 e. The molecule has 1 amide bonds. The van der Waals surface area contributed by atoms with Gasteiger partial charge in [-0.25, -0.2) is 0 Å². The molecule has 2 rings (SSSR count). The molecule has 1 fully saturated rings. The van der Waals surface area contributed by atoms with Gasteiger partial charge in [0.05, 0.1) is 5.54 Å². The Balaban J connectivity index is 2.21. The predicted molar refractivity (Wildman–Crippen MR) is 78.0 cm³/mol. The summed E-state index contributed by atoms with van der Waals surface area (Å²) in [4.78, 5) is 13.8. The summed E-state index contributed by atoms with van der Waals surface area (Å²) in [5, 5.41) is 0. The number of amides is 1. The third-order valence-electron chi connectivity index (χ3n) is 4.22. The molecule has 0 radical (unpaired) electrons. The normalized spacial score (nSPS) is 26.4. The summed E-state index contributed by atoms with van der Waals surface area (Å²) in [5.74, 6) is -0.379. The number of nitrogens with zero attached hydrogens (tertiary/aromatic N) is 1. The molecule has 1 aromatic rings. The summed E-state index contributed by atoms with van der Waals surface area (Å²) in [7, 11) is 0. The van der Waals surface area contributed by atoms with Gasteiger partial charge in [0.25, 0.3) is 0 Å². The zero-order valence-electron chi connectivity index (χ0n) is 11.7. The van der Waals surface area contributed by atoms with Crippen molar-refractivity contribution >= 4 is 11.6 Å². The van der Waals surface area contributed by atoms with Crippen LogP contribution in [0, 0.1) is 6.92 Å². The van der Waals surface area contributed by atoms with E-state index in [0.29, 0.717) is 18.9 Å². The Bertz CT molecular complexity index is 474. The van der Waals surface area contributed by atoms with Crippen LogP contribution in [0.4, 0.5) is 5.69 Å². The molecule has 0 saturated heterocycles. The molecule has 0 aliphatic heterocycles. The molecule has 4 N–H and O–H groups in total. The average molecular weight is 261 g/mol. The molecule has 0 aromatic heterocycles. The molecule has 0 bridgehead atoms. The molecule has 0 heterocycles. The third kappa shape index (κ3) is 2.59. The molecule has 4 heteroatoms. The minimum atomic E-state index is -0.833. The Hall–Kier alpha value is -1.55. The van der Waals surface area contributed by atoms with Gasteiger partial charge < -0.3 is 16.4 Å². The van der Waals surface area contributed by atoms with Gasteiger partial charge in [-0.3, -0.25) is 4.79 Å². The molecular weight excluding hydrogens is 238 g/mol. The van der Waals surface area contributed by atoms with Crippen LogP contribution in [-0.2, 0) is 4.79 Å². The van der Waals surface area contributed by atoms with E-state index in [0.717, 1.165) is 13.0 Å². The van der Waals surface area contributed by atoms with Gasteiger partial charge in [0.1, 0.15) is 0 Å². The number of para-hydroxylation sites is 1. The standard InChI is InChI=1S/C15H23N3O/c1-3-18(13-7-5-4-6-11(13)2)12-8-9-15(17,10-12)14(16)19/h4-7,12H,3,8-10,17H2,1-2H3,(H2,16,19). The Kier molecular flexibility index (Phi) is 3.80. The van der Waals surface area contributed by atoms with Gasteiger partial charge in [-0.1, -0.05) is 18.2 Å². The summed E-state index contributed by atoms with van der Waals surface area (Å²) in [5.41, 5.74) is 13.2. The number of primary amides is 1. The fourth-order valence-electron chi connectivity index (χ4n) is 3.05. The van der Waals surface area contributed by atoms with Crippen molar-refractivity contribution in [1.82, 2.24) is 0 Å². The van der Waals surface area contributed by atoms with Gasteiger partial charge in [-0.15, -0.1) is 0 Å². The van der Waals surface area contributed by atoms with Crippen LogP contribution in [0.15, 0.2) is 24.3 Å². The highest BCUT2D eigenvalue weighted by Crippen LogP contribution is 2.34. The lowest BCUT2D eigenvalue weighted by molar-refractivity contribution is -0.122. The van der Waals surface area contributed by atoms with Crippen LogP contribution in [0.25, 0.3) is 0 Å². The number of rotatable bonds is 4. The van der Waals surface area contributed by atoms with Gasteiger partial charge in [-0.05, 0) is 44.7 Å². The Morgan fingerprint density at radius 1 is 1.47 bits per heavy atom. The van der Waals surface area contributed by atoms with Crippen LogP contribution in [0.3, 0.4) is 0 Å². The number of benzene rings is 1. The van der Waals surface area contributed by atoms with Crippen molar-refractivity contribution in [2.24, 2.45) is 11.5 Å². The molecule has 104 valence electrons. The smallest absolute Gasteiger partial charge is 0.237 e.